The van der Waals surface area contributed by atoms with Gasteiger partial charge in [0.05, 0.1) is 5.71 Å². The van der Waals surface area contributed by atoms with Crippen molar-refractivity contribution < 1.29 is 0 Å². The van der Waals surface area contributed by atoms with Gasteiger partial charge in [0.2, 0.25) is 0 Å². The number of nitrogens with one attached hydrogen (secondary N) is 1. The SMILES string of the molecule is S=C1Nc2ccc(Cl)cc2C(c2ccccc2)=N[C@H]1CC1CC1. The lowest BCUT2D eigenvalue weighted by Crippen LogP contribution is -2.24. The minimum absolute atomic E-state index is 0.0406. The van der Waals surface area contributed by atoms with Crippen molar-refractivity contribution in [3.63, 3.8) is 0 Å². The van der Waals surface area contributed by atoms with Gasteiger partial charge in [0.25, 0.3) is 0 Å². The Morgan fingerprint density at radius 1 is 1.13 bits per heavy atom. The van der Waals surface area contributed by atoms with E-state index in [9.17, 15) is 0 Å². The Bertz CT molecular complexity index is 781. The number of aliphatic imine (C=N–C) groups is 1. The Morgan fingerprint density at radius 3 is 2.65 bits per heavy atom. The van der Waals surface area contributed by atoms with E-state index < -0.39 is 0 Å². The number of hydrogen-bond donors (Lipinski definition) is 1. The molecule has 0 unspecified atom stereocenters. The maximum absolute atomic E-state index is 6.23. The highest BCUT2D eigenvalue weighted by Crippen LogP contribution is 2.36. The topological polar surface area (TPSA) is 24.4 Å². The number of benzene rings is 2. The summed E-state index contributed by atoms with van der Waals surface area (Å²) in [4.78, 5) is 5.86. The van der Waals surface area contributed by atoms with E-state index in [2.05, 4.69) is 17.4 Å². The second kappa shape index (κ2) is 6.06. The standard InChI is InChI=1S/C19H17ClN2S/c20-14-8-9-16-15(11-14)18(13-4-2-1-3-5-13)21-17(19(23)22-16)10-12-6-7-12/h1-5,8-9,11-12,17H,6-7,10H2,(H,22,23)/t17-/m0/s1. The van der Waals surface area contributed by atoms with Gasteiger partial charge in [-0.2, -0.15) is 0 Å². The van der Waals surface area contributed by atoms with Gasteiger partial charge in [-0.05, 0) is 30.5 Å². The summed E-state index contributed by atoms with van der Waals surface area (Å²) in [6.07, 6.45) is 3.63. The fraction of sp³-hybridized carbons (Fsp3) is 0.263. The summed E-state index contributed by atoms with van der Waals surface area (Å²) < 4.78 is 0. The molecule has 1 atom stereocenters. The minimum Gasteiger partial charge on any atom is -0.348 e. The van der Waals surface area contributed by atoms with Crippen molar-refractivity contribution in [2.24, 2.45) is 10.9 Å². The summed E-state index contributed by atoms with van der Waals surface area (Å²) >= 11 is 11.9. The van der Waals surface area contributed by atoms with Crippen LogP contribution in [0.4, 0.5) is 5.69 Å². The van der Waals surface area contributed by atoms with E-state index in [1.165, 1.54) is 12.8 Å². The number of hydrogen-bond acceptors (Lipinski definition) is 2. The summed E-state index contributed by atoms with van der Waals surface area (Å²) in [5.74, 6) is 0.769. The van der Waals surface area contributed by atoms with Crippen LogP contribution in [0, 0.1) is 5.92 Å². The lowest BCUT2D eigenvalue weighted by atomic mass is 10.0. The predicted molar refractivity (Wildman–Crippen MR) is 101 cm³/mol. The molecule has 0 radical (unpaired) electrons. The summed E-state index contributed by atoms with van der Waals surface area (Å²) in [6, 6.07) is 16.2. The first-order valence-corrected chi connectivity index (χ1v) is 8.73. The van der Waals surface area contributed by atoms with Crippen LogP contribution in [-0.2, 0) is 0 Å². The van der Waals surface area contributed by atoms with Crippen molar-refractivity contribution in [2.75, 3.05) is 5.32 Å². The molecule has 1 aliphatic carbocycles. The van der Waals surface area contributed by atoms with Gasteiger partial charge in [0, 0.05) is 21.8 Å². The van der Waals surface area contributed by atoms with Gasteiger partial charge in [-0.25, -0.2) is 0 Å². The number of anilines is 1. The van der Waals surface area contributed by atoms with Gasteiger partial charge in [-0.1, -0.05) is 67.0 Å². The molecule has 2 nitrogen and oxygen atoms in total. The summed E-state index contributed by atoms with van der Waals surface area (Å²) in [5.41, 5.74) is 4.08. The molecule has 4 rings (SSSR count). The fourth-order valence-electron chi connectivity index (χ4n) is 2.98. The number of nitrogens with zero attached hydrogens (tertiary/aromatic N) is 1. The van der Waals surface area contributed by atoms with E-state index in [-0.39, 0.29) is 6.04 Å². The first-order valence-electron chi connectivity index (χ1n) is 7.95. The Morgan fingerprint density at radius 2 is 1.91 bits per heavy atom. The van der Waals surface area contributed by atoms with E-state index in [1.54, 1.807) is 0 Å². The zero-order valence-corrected chi connectivity index (χ0v) is 14.2. The van der Waals surface area contributed by atoms with Gasteiger partial charge in [0.15, 0.2) is 0 Å². The first kappa shape index (κ1) is 14.9. The van der Waals surface area contributed by atoms with Crippen molar-refractivity contribution in [3.05, 3.63) is 64.7 Å². The smallest absolute Gasteiger partial charge is 0.105 e. The number of halogens is 1. The maximum Gasteiger partial charge on any atom is 0.105 e. The highest BCUT2D eigenvalue weighted by molar-refractivity contribution is 7.80. The van der Waals surface area contributed by atoms with E-state index in [0.717, 1.165) is 39.9 Å². The van der Waals surface area contributed by atoms with E-state index in [0.29, 0.717) is 5.02 Å². The highest BCUT2D eigenvalue weighted by Gasteiger charge is 2.30. The van der Waals surface area contributed by atoms with Gasteiger partial charge in [0.1, 0.15) is 11.0 Å². The van der Waals surface area contributed by atoms with Crippen LogP contribution >= 0.6 is 23.8 Å². The molecule has 4 heteroatoms. The zero-order valence-electron chi connectivity index (χ0n) is 12.6. The molecule has 2 aliphatic rings. The van der Waals surface area contributed by atoms with Gasteiger partial charge in [-0.3, -0.25) is 4.99 Å². The molecule has 116 valence electrons. The second-order valence-corrected chi connectivity index (χ2v) is 7.09. The molecular formula is C19H17ClN2S. The molecule has 1 N–H and O–H groups in total. The summed E-state index contributed by atoms with van der Waals surface area (Å²) in [7, 11) is 0. The Labute approximate surface area is 146 Å². The molecule has 0 aromatic heterocycles. The molecule has 23 heavy (non-hydrogen) atoms. The molecule has 0 spiro atoms. The van der Waals surface area contributed by atoms with E-state index >= 15 is 0 Å². The monoisotopic (exact) mass is 340 g/mol. The predicted octanol–water partition coefficient (Wildman–Crippen LogP) is 5.10. The van der Waals surface area contributed by atoms with Crippen LogP contribution in [-0.4, -0.2) is 16.7 Å². The quantitative estimate of drug-likeness (QED) is 0.786. The van der Waals surface area contributed by atoms with Crippen molar-refractivity contribution in [1.29, 1.82) is 0 Å². The molecule has 2 aromatic rings. The molecular weight excluding hydrogens is 324 g/mol. The van der Waals surface area contributed by atoms with Crippen molar-refractivity contribution in [1.82, 2.24) is 0 Å². The van der Waals surface area contributed by atoms with Crippen molar-refractivity contribution >= 4 is 40.2 Å². The third-order valence-electron chi connectivity index (χ3n) is 4.38. The van der Waals surface area contributed by atoms with Crippen LogP contribution in [0.5, 0.6) is 0 Å². The summed E-state index contributed by atoms with van der Waals surface area (Å²) in [6.45, 7) is 0. The Hall–Kier alpha value is -1.71. The maximum atomic E-state index is 6.23. The minimum atomic E-state index is 0.0406. The molecule has 1 heterocycles. The first-order chi connectivity index (χ1) is 11.2. The lowest BCUT2D eigenvalue weighted by molar-refractivity contribution is 0.683. The summed E-state index contributed by atoms with van der Waals surface area (Å²) in [5, 5.41) is 4.10. The van der Waals surface area contributed by atoms with Crippen LogP contribution < -0.4 is 5.32 Å². The number of thiocarbonyl (C=S) groups is 1. The molecule has 1 aliphatic heterocycles. The molecule has 0 bridgehead atoms. The lowest BCUT2D eigenvalue weighted by Gasteiger charge is -2.13. The number of fused-ring (bicyclic) bond motifs is 1. The Balaban J connectivity index is 1.85. The largest absolute Gasteiger partial charge is 0.348 e. The molecule has 1 saturated carbocycles. The average molecular weight is 341 g/mol. The van der Waals surface area contributed by atoms with Crippen molar-refractivity contribution in [2.45, 2.75) is 25.3 Å². The number of benzodiazepines with no additional fused rings is 1. The molecule has 2 aromatic carbocycles. The molecule has 1 fully saturated rings. The Kier molecular flexibility index (Phi) is 3.92. The molecule has 0 saturated heterocycles. The zero-order chi connectivity index (χ0) is 15.8. The normalized spacial score (nSPS) is 20.3. The average Bonchev–Trinajstić information content (AvgIpc) is 3.38. The van der Waals surface area contributed by atoms with E-state index in [4.69, 9.17) is 28.8 Å². The third-order valence-corrected chi connectivity index (χ3v) is 4.99. The number of rotatable bonds is 3. The molecule has 0 amide bonds. The van der Waals surface area contributed by atoms with Crippen LogP contribution in [0.3, 0.4) is 0 Å². The van der Waals surface area contributed by atoms with Crippen molar-refractivity contribution in [3.8, 4) is 0 Å². The van der Waals surface area contributed by atoms with Crippen LogP contribution in [0.1, 0.15) is 30.4 Å². The fourth-order valence-corrected chi connectivity index (χ4v) is 3.41. The van der Waals surface area contributed by atoms with Gasteiger partial charge >= 0.3 is 0 Å². The van der Waals surface area contributed by atoms with Gasteiger partial charge < -0.3 is 5.32 Å². The van der Waals surface area contributed by atoms with E-state index in [1.807, 2.05) is 36.4 Å². The third kappa shape index (κ3) is 3.17. The van der Waals surface area contributed by atoms with Crippen LogP contribution in [0.25, 0.3) is 0 Å². The van der Waals surface area contributed by atoms with Gasteiger partial charge in [-0.15, -0.1) is 0 Å². The van der Waals surface area contributed by atoms with Crippen LogP contribution in [0.2, 0.25) is 5.02 Å². The highest BCUT2D eigenvalue weighted by atomic mass is 35.5. The van der Waals surface area contributed by atoms with Crippen LogP contribution in [0.15, 0.2) is 53.5 Å². The second-order valence-electron chi connectivity index (χ2n) is 6.22.